The molecule has 0 aliphatic carbocycles. The first-order valence-corrected chi connectivity index (χ1v) is 12.7. The second-order valence-corrected chi connectivity index (χ2v) is 9.34. The van der Waals surface area contributed by atoms with Crippen molar-refractivity contribution in [3.63, 3.8) is 0 Å². The van der Waals surface area contributed by atoms with Crippen molar-refractivity contribution in [1.29, 1.82) is 0 Å². The van der Waals surface area contributed by atoms with Gasteiger partial charge >= 0.3 is 0 Å². The molecule has 0 unspecified atom stereocenters. The Kier molecular flexibility index (Phi) is 8.89. The number of hydrazine groups is 1. The second-order valence-electron chi connectivity index (χ2n) is 8.48. The number of halogens is 1. The summed E-state index contributed by atoms with van der Waals surface area (Å²) in [6.07, 6.45) is 0.765. The molecule has 8 heteroatoms. The van der Waals surface area contributed by atoms with E-state index in [4.69, 9.17) is 4.74 Å². The third-order valence-electron chi connectivity index (χ3n) is 5.77. The van der Waals surface area contributed by atoms with Crippen LogP contribution in [0.1, 0.15) is 42.2 Å². The van der Waals surface area contributed by atoms with Gasteiger partial charge in [0.15, 0.2) is 0 Å². The van der Waals surface area contributed by atoms with Crippen molar-refractivity contribution in [2.45, 2.75) is 13.3 Å². The summed E-state index contributed by atoms with van der Waals surface area (Å²) in [5.41, 5.74) is 8.67. The van der Waals surface area contributed by atoms with Crippen molar-refractivity contribution in [1.82, 2.24) is 10.9 Å². The monoisotopic (exact) mass is 571 g/mol. The number of rotatable bonds is 8. The predicted molar refractivity (Wildman–Crippen MR) is 150 cm³/mol. The lowest BCUT2D eigenvalue weighted by molar-refractivity contribution is 0.0846. The Hall–Kier alpha value is -4.43. The van der Waals surface area contributed by atoms with Crippen LogP contribution in [-0.2, 0) is 6.42 Å². The zero-order valence-electron chi connectivity index (χ0n) is 20.7. The smallest absolute Gasteiger partial charge is 0.269 e. The molecule has 192 valence electrons. The van der Waals surface area contributed by atoms with E-state index < -0.39 is 11.8 Å². The van der Waals surface area contributed by atoms with Crippen molar-refractivity contribution in [2.75, 3.05) is 11.9 Å². The maximum Gasteiger partial charge on any atom is 0.269 e. The summed E-state index contributed by atoms with van der Waals surface area (Å²) < 4.78 is 6.45. The van der Waals surface area contributed by atoms with Crippen LogP contribution in [0.4, 0.5) is 5.69 Å². The van der Waals surface area contributed by atoms with Gasteiger partial charge in [0.1, 0.15) is 5.75 Å². The number of hydrogen-bond donors (Lipinski definition) is 3. The van der Waals surface area contributed by atoms with Gasteiger partial charge in [-0.2, -0.15) is 0 Å². The minimum Gasteiger partial charge on any atom is -0.492 e. The predicted octanol–water partition coefficient (Wildman–Crippen LogP) is 5.71. The van der Waals surface area contributed by atoms with Gasteiger partial charge in [-0.15, -0.1) is 0 Å². The number of carbonyl (C=O) groups excluding carboxylic acids is 3. The molecule has 7 nitrogen and oxygen atoms in total. The Bertz CT molecular complexity index is 1440. The van der Waals surface area contributed by atoms with Crippen LogP contribution in [0.3, 0.4) is 0 Å². The zero-order valence-corrected chi connectivity index (χ0v) is 22.2. The Labute approximate surface area is 229 Å². The molecule has 0 aromatic heterocycles. The van der Waals surface area contributed by atoms with E-state index in [1.54, 1.807) is 54.6 Å². The molecule has 0 saturated carbocycles. The van der Waals surface area contributed by atoms with E-state index in [9.17, 15) is 14.4 Å². The van der Waals surface area contributed by atoms with Gasteiger partial charge < -0.3 is 10.1 Å². The van der Waals surface area contributed by atoms with Crippen molar-refractivity contribution < 1.29 is 19.1 Å². The van der Waals surface area contributed by atoms with Gasteiger partial charge in [0, 0.05) is 28.8 Å². The van der Waals surface area contributed by atoms with E-state index in [-0.39, 0.29) is 5.91 Å². The summed E-state index contributed by atoms with van der Waals surface area (Å²) >= 11 is 3.44. The molecule has 3 amide bonds. The number of benzene rings is 4. The molecule has 4 aromatic carbocycles. The van der Waals surface area contributed by atoms with Gasteiger partial charge in [0.05, 0.1) is 11.1 Å². The highest BCUT2D eigenvalue weighted by Gasteiger charge is 2.13. The molecule has 4 rings (SSSR count). The Morgan fingerprint density at radius 3 is 2.05 bits per heavy atom. The van der Waals surface area contributed by atoms with E-state index in [1.165, 1.54) is 5.56 Å². The zero-order chi connectivity index (χ0) is 26.9. The molecule has 0 radical (unpaired) electrons. The van der Waals surface area contributed by atoms with Gasteiger partial charge in [-0.05, 0) is 82.5 Å². The molecule has 0 fully saturated rings. The van der Waals surface area contributed by atoms with Gasteiger partial charge in [-0.1, -0.05) is 48.5 Å². The molecule has 0 spiro atoms. The van der Waals surface area contributed by atoms with Crippen LogP contribution in [0.5, 0.6) is 5.75 Å². The number of amides is 3. The minimum atomic E-state index is -0.491. The molecule has 0 saturated heterocycles. The molecule has 0 bridgehead atoms. The molecule has 0 aliphatic rings. The molecule has 38 heavy (non-hydrogen) atoms. The lowest BCUT2D eigenvalue weighted by Crippen LogP contribution is -2.41. The normalized spacial score (nSPS) is 10.4. The molecule has 4 aromatic rings. The maximum atomic E-state index is 12.5. The first kappa shape index (κ1) is 26.6. The van der Waals surface area contributed by atoms with Crippen LogP contribution < -0.4 is 20.9 Å². The molecular weight excluding hydrogens is 546 g/mol. The Morgan fingerprint density at radius 1 is 0.737 bits per heavy atom. The summed E-state index contributed by atoms with van der Waals surface area (Å²) in [6.45, 7) is 2.36. The number of aryl methyl sites for hydroxylation is 1. The fourth-order valence-corrected chi connectivity index (χ4v) is 4.16. The third kappa shape index (κ3) is 7.08. The lowest BCUT2D eigenvalue weighted by Gasteiger charge is -2.11. The van der Waals surface area contributed by atoms with Crippen molar-refractivity contribution in [3.8, 4) is 5.75 Å². The largest absolute Gasteiger partial charge is 0.492 e. The van der Waals surface area contributed by atoms with Crippen molar-refractivity contribution in [3.05, 3.63) is 129 Å². The van der Waals surface area contributed by atoms with Gasteiger partial charge in [-0.25, -0.2) is 0 Å². The minimum absolute atomic E-state index is 0.230. The topological polar surface area (TPSA) is 96.5 Å². The van der Waals surface area contributed by atoms with Gasteiger partial charge in [-0.3, -0.25) is 25.2 Å². The van der Waals surface area contributed by atoms with Crippen molar-refractivity contribution >= 4 is 39.3 Å². The molecule has 0 heterocycles. The number of anilines is 1. The van der Waals surface area contributed by atoms with Crippen LogP contribution in [0.15, 0.2) is 102 Å². The first-order valence-electron chi connectivity index (χ1n) is 11.9. The van der Waals surface area contributed by atoms with Crippen LogP contribution in [0.2, 0.25) is 0 Å². The van der Waals surface area contributed by atoms with E-state index in [0.717, 1.165) is 12.0 Å². The fraction of sp³-hybridized carbons (Fsp3) is 0.100. The average molecular weight is 572 g/mol. The van der Waals surface area contributed by atoms with Crippen molar-refractivity contribution in [2.24, 2.45) is 0 Å². The van der Waals surface area contributed by atoms with E-state index in [1.807, 2.05) is 49.4 Å². The maximum absolute atomic E-state index is 12.5. The third-order valence-corrected chi connectivity index (χ3v) is 6.39. The summed E-state index contributed by atoms with van der Waals surface area (Å²) in [5.74, 6) is -0.575. The number of hydrogen-bond acceptors (Lipinski definition) is 4. The highest BCUT2D eigenvalue weighted by atomic mass is 79.9. The second kappa shape index (κ2) is 12.7. The highest BCUT2D eigenvalue weighted by molar-refractivity contribution is 9.10. The van der Waals surface area contributed by atoms with Crippen LogP contribution in [0, 0.1) is 6.92 Å². The first-order chi connectivity index (χ1) is 18.4. The SMILES string of the molecule is Cc1ccccc1C(=O)Nc1ccc(C(=O)NNC(=O)c2ccc(OCCc3ccccc3)c(Br)c2)cc1. The standard InChI is InChI=1S/C30H26BrN3O4/c1-20-7-5-6-10-25(20)30(37)32-24-14-11-22(12-15-24)28(35)33-34-29(36)23-13-16-27(26(31)19-23)38-18-17-21-8-3-2-4-9-21/h2-16,19H,17-18H2,1H3,(H,32,37)(H,33,35)(H,34,36). The summed E-state index contributed by atoms with van der Waals surface area (Å²) in [5, 5.41) is 2.81. The fourth-order valence-electron chi connectivity index (χ4n) is 3.67. The van der Waals surface area contributed by atoms with Crippen LogP contribution >= 0.6 is 15.9 Å². The molecule has 3 N–H and O–H groups in total. The molecular formula is C30H26BrN3O4. The van der Waals surface area contributed by atoms with Gasteiger partial charge in [0.2, 0.25) is 0 Å². The van der Waals surface area contributed by atoms with E-state index in [2.05, 4.69) is 32.1 Å². The summed E-state index contributed by atoms with van der Waals surface area (Å²) in [6, 6.07) is 28.6. The molecule has 0 atom stereocenters. The molecule has 0 aliphatic heterocycles. The quantitative estimate of drug-likeness (QED) is 0.236. The van der Waals surface area contributed by atoms with E-state index in [0.29, 0.717) is 39.2 Å². The van der Waals surface area contributed by atoms with Crippen LogP contribution in [-0.4, -0.2) is 24.3 Å². The van der Waals surface area contributed by atoms with Crippen LogP contribution in [0.25, 0.3) is 0 Å². The Morgan fingerprint density at radius 2 is 1.37 bits per heavy atom. The number of ether oxygens (including phenoxy) is 1. The van der Waals surface area contributed by atoms with E-state index >= 15 is 0 Å². The summed E-state index contributed by atoms with van der Waals surface area (Å²) in [4.78, 5) is 37.5. The number of nitrogens with one attached hydrogen (secondary N) is 3. The summed E-state index contributed by atoms with van der Waals surface area (Å²) in [7, 11) is 0. The Balaban J connectivity index is 1.27. The number of carbonyl (C=O) groups is 3. The highest BCUT2D eigenvalue weighted by Crippen LogP contribution is 2.26. The average Bonchev–Trinajstić information content (AvgIpc) is 2.93. The lowest BCUT2D eigenvalue weighted by atomic mass is 10.1. The van der Waals surface area contributed by atoms with Gasteiger partial charge in [0.25, 0.3) is 17.7 Å².